The standard InChI is InChI=1S/C20H21N3O4S2/c1-4-12-23(15-8-6-5-7-9-15)19(24)14-28-20-21-17-13-16(10-11-18(17)27-20)29(25,26)22(2)3/h4-11,13H,1,12,14H2,2-3H3. The fraction of sp³-hybridized carbons (Fsp3) is 0.200. The zero-order valence-corrected chi connectivity index (χ0v) is 17.7. The summed E-state index contributed by atoms with van der Waals surface area (Å²) in [4.78, 5) is 18.8. The van der Waals surface area contributed by atoms with Crippen molar-refractivity contribution < 1.29 is 17.6 Å². The van der Waals surface area contributed by atoms with E-state index in [4.69, 9.17) is 4.42 Å². The number of fused-ring (bicyclic) bond motifs is 1. The summed E-state index contributed by atoms with van der Waals surface area (Å²) >= 11 is 1.16. The summed E-state index contributed by atoms with van der Waals surface area (Å²) in [6.07, 6.45) is 1.67. The van der Waals surface area contributed by atoms with Crippen molar-refractivity contribution in [1.82, 2.24) is 9.29 Å². The third kappa shape index (κ3) is 4.69. The Balaban J connectivity index is 1.76. The number of sulfonamides is 1. The van der Waals surface area contributed by atoms with Crippen molar-refractivity contribution in [3.05, 3.63) is 61.2 Å². The van der Waals surface area contributed by atoms with Crippen LogP contribution in [0, 0.1) is 0 Å². The number of carbonyl (C=O) groups excluding carboxylic acids is 1. The van der Waals surface area contributed by atoms with E-state index in [1.807, 2.05) is 30.3 Å². The van der Waals surface area contributed by atoms with Gasteiger partial charge in [-0.15, -0.1) is 6.58 Å². The summed E-state index contributed by atoms with van der Waals surface area (Å²) in [6, 6.07) is 13.8. The molecule has 0 aliphatic heterocycles. The fourth-order valence-corrected chi connectivity index (χ4v) is 4.25. The van der Waals surface area contributed by atoms with Gasteiger partial charge in [-0.3, -0.25) is 4.79 Å². The lowest BCUT2D eigenvalue weighted by Gasteiger charge is -2.20. The molecule has 0 radical (unpaired) electrons. The van der Waals surface area contributed by atoms with Crippen LogP contribution in [0.3, 0.4) is 0 Å². The normalized spacial score (nSPS) is 11.7. The first kappa shape index (κ1) is 21.1. The Labute approximate surface area is 174 Å². The number of amides is 1. The number of thioether (sulfide) groups is 1. The van der Waals surface area contributed by atoms with Gasteiger partial charge in [0.15, 0.2) is 5.58 Å². The molecule has 0 aliphatic carbocycles. The molecule has 0 aliphatic rings. The maximum atomic E-state index is 12.7. The molecular formula is C20H21N3O4S2. The number of benzene rings is 2. The van der Waals surface area contributed by atoms with Crippen molar-refractivity contribution >= 4 is 44.5 Å². The highest BCUT2D eigenvalue weighted by Crippen LogP contribution is 2.27. The van der Waals surface area contributed by atoms with Gasteiger partial charge in [-0.1, -0.05) is 36.0 Å². The number of hydrogen-bond acceptors (Lipinski definition) is 6. The van der Waals surface area contributed by atoms with E-state index in [-0.39, 0.29) is 16.6 Å². The molecule has 152 valence electrons. The molecule has 1 heterocycles. The van der Waals surface area contributed by atoms with E-state index in [0.29, 0.717) is 22.9 Å². The third-order valence-electron chi connectivity index (χ3n) is 4.12. The predicted molar refractivity (Wildman–Crippen MR) is 115 cm³/mol. The predicted octanol–water partition coefficient (Wildman–Crippen LogP) is 3.39. The first-order valence-electron chi connectivity index (χ1n) is 8.75. The van der Waals surface area contributed by atoms with Crippen molar-refractivity contribution in [2.75, 3.05) is 31.3 Å². The molecule has 29 heavy (non-hydrogen) atoms. The van der Waals surface area contributed by atoms with E-state index >= 15 is 0 Å². The molecule has 9 heteroatoms. The number of nitrogens with zero attached hydrogens (tertiary/aromatic N) is 3. The second-order valence-electron chi connectivity index (χ2n) is 6.31. The van der Waals surface area contributed by atoms with Gasteiger partial charge in [0.1, 0.15) is 5.52 Å². The number of oxazole rings is 1. The van der Waals surface area contributed by atoms with Gasteiger partial charge in [0.25, 0.3) is 5.22 Å². The summed E-state index contributed by atoms with van der Waals surface area (Å²) in [5.74, 6) is 0.0116. The highest BCUT2D eigenvalue weighted by atomic mass is 32.2. The van der Waals surface area contributed by atoms with Gasteiger partial charge in [0.05, 0.1) is 10.6 Å². The molecule has 0 fully saturated rings. The van der Waals surface area contributed by atoms with Crippen molar-refractivity contribution in [2.24, 2.45) is 0 Å². The van der Waals surface area contributed by atoms with E-state index in [9.17, 15) is 13.2 Å². The highest BCUT2D eigenvalue weighted by molar-refractivity contribution is 7.99. The molecule has 0 atom stereocenters. The topological polar surface area (TPSA) is 83.7 Å². The lowest BCUT2D eigenvalue weighted by molar-refractivity contribution is -0.116. The first-order chi connectivity index (χ1) is 13.8. The fourth-order valence-electron chi connectivity index (χ4n) is 2.61. The van der Waals surface area contributed by atoms with Crippen LogP contribution in [0.15, 0.2) is 75.7 Å². The van der Waals surface area contributed by atoms with Crippen molar-refractivity contribution in [1.29, 1.82) is 0 Å². The summed E-state index contributed by atoms with van der Waals surface area (Å²) < 4.78 is 31.3. The maximum Gasteiger partial charge on any atom is 0.257 e. The number of hydrogen-bond donors (Lipinski definition) is 0. The summed E-state index contributed by atoms with van der Waals surface area (Å²) in [6.45, 7) is 4.10. The quantitative estimate of drug-likeness (QED) is 0.402. The number of rotatable bonds is 8. The third-order valence-corrected chi connectivity index (χ3v) is 6.74. The minimum atomic E-state index is -3.56. The SMILES string of the molecule is C=CCN(C(=O)CSc1nc2cc(S(=O)(=O)N(C)C)ccc2o1)c1ccccc1. The van der Waals surface area contributed by atoms with Gasteiger partial charge >= 0.3 is 0 Å². The second kappa shape index (κ2) is 8.81. The summed E-state index contributed by atoms with van der Waals surface area (Å²) in [7, 11) is -0.620. The highest BCUT2D eigenvalue weighted by Gasteiger charge is 2.20. The molecule has 0 saturated carbocycles. The number of para-hydroxylation sites is 1. The Hall–Kier alpha value is -2.62. The molecule has 3 rings (SSSR count). The van der Waals surface area contributed by atoms with E-state index < -0.39 is 10.0 Å². The molecule has 2 aromatic carbocycles. The summed E-state index contributed by atoms with van der Waals surface area (Å²) in [5.41, 5.74) is 1.67. The second-order valence-corrected chi connectivity index (χ2v) is 9.39. The van der Waals surface area contributed by atoms with Gasteiger partial charge < -0.3 is 9.32 Å². The number of anilines is 1. The van der Waals surface area contributed by atoms with Gasteiger partial charge in [-0.2, -0.15) is 0 Å². The average molecular weight is 432 g/mol. The molecule has 0 unspecified atom stereocenters. The number of carbonyl (C=O) groups is 1. The molecular weight excluding hydrogens is 410 g/mol. The van der Waals surface area contributed by atoms with Crippen LogP contribution in [0.1, 0.15) is 0 Å². The van der Waals surface area contributed by atoms with E-state index in [1.165, 1.54) is 26.2 Å². The minimum absolute atomic E-state index is 0.112. The molecule has 7 nitrogen and oxygen atoms in total. The smallest absolute Gasteiger partial charge is 0.257 e. The largest absolute Gasteiger partial charge is 0.431 e. The van der Waals surface area contributed by atoms with E-state index in [1.54, 1.807) is 17.0 Å². The van der Waals surface area contributed by atoms with Crippen LogP contribution in [0.25, 0.3) is 11.1 Å². The Kier molecular flexibility index (Phi) is 6.41. The van der Waals surface area contributed by atoms with Crippen LogP contribution in [0.5, 0.6) is 0 Å². The van der Waals surface area contributed by atoms with E-state index in [0.717, 1.165) is 21.8 Å². The zero-order chi connectivity index (χ0) is 21.0. The molecule has 1 amide bonds. The zero-order valence-electron chi connectivity index (χ0n) is 16.1. The van der Waals surface area contributed by atoms with Crippen LogP contribution in [0.2, 0.25) is 0 Å². The van der Waals surface area contributed by atoms with Gasteiger partial charge in [-0.05, 0) is 30.3 Å². The number of aromatic nitrogens is 1. The molecule has 0 N–H and O–H groups in total. The minimum Gasteiger partial charge on any atom is -0.431 e. The van der Waals surface area contributed by atoms with Crippen LogP contribution in [-0.2, 0) is 14.8 Å². The Morgan fingerprint density at radius 2 is 1.93 bits per heavy atom. The van der Waals surface area contributed by atoms with Gasteiger partial charge in [0, 0.05) is 26.3 Å². The Morgan fingerprint density at radius 3 is 2.59 bits per heavy atom. The molecule has 0 saturated heterocycles. The lowest BCUT2D eigenvalue weighted by Crippen LogP contribution is -2.32. The van der Waals surface area contributed by atoms with Crippen molar-refractivity contribution in [2.45, 2.75) is 10.1 Å². The summed E-state index contributed by atoms with van der Waals surface area (Å²) in [5, 5.41) is 0.305. The molecule has 0 bridgehead atoms. The van der Waals surface area contributed by atoms with Crippen LogP contribution in [-0.4, -0.2) is 50.0 Å². The van der Waals surface area contributed by atoms with Crippen LogP contribution in [0.4, 0.5) is 5.69 Å². The molecule has 3 aromatic rings. The average Bonchev–Trinajstić information content (AvgIpc) is 3.13. The van der Waals surface area contributed by atoms with Gasteiger partial charge in [0.2, 0.25) is 15.9 Å². The Morgan fingerprint density at radius 1 is 1.21 bits per heavy atom. The van der Waals surface area contributed by atoms with Crippen molar-refractivity contribution in [3.63, 3.8) is 0 Å². The monoisotopic (exact) mass is 431 g/mol. The molecule has 1 aromatic heterocycles. The van der Waals surface area contributed by atoms with Crippen molar-refractivity contribution in [3.8, 4) is 0 Å². The lowest BCUT2D eigenvalue weighted by atomic mass is 10.3. The van der Waals surface area contributed by atoms with Crippen LogP contribution < -0.4 is 4.90 Å². The maximum absolute atomic E-state index is 12.7. The van der Waals surface area contributed by atoms with Gasteiger partial charge in [-0.25, -0.2) is 17.7 Å². The molecule has 0 spiro atoms. The van der Waals surface area contributed by atoms with E-state index in [2.05, 4.69) is 11.6 Å². The Bertz CT molecular complexity index is 1130. The van der Waals surface area contributed by atoms with Crippen LogP contribution >= 0.6 is 11.8 Å². The first-order valence-corrected chi connectivity index (χ1v) is 11.2.